The molecular weight excluding hydrogens is 308 g/mol. The Morgan fingerprint density at radius 1 is 0.708 bits per heavy atom. The lowest BCUT2D eigenvalue weighted by molar-refractivity contribution is 0.0687. The summed E-state index contributed by atoms with van der Waals surface area (Å²) in [4.78, 5) is 21.5. The maximum atomic E-state index is 10.7. The molecular formula is C18H24N2O4. The number of aromatic carboxylic acids is 2. The quantitative estimate of drug-likeness (QED) is 0.577. The zero-order valence-corrected chi connectivity index (χ0v) is 13.6. The molecule has 0 spiro atoms. The van der Waals surface area contributed by atoms with Crippen LogP contribution in [0.2, 0.25) is 0 Å². The number of fused-ring (bicyclic) bond motifs is 1. The summed E-state index contributed by atoms with van der Waals surface area (Å²) in [7, 11) is 0. The summed E-state index contributed by atoms with van der Waals surface area (Å²) in [6.07, 6.45) is 4.79. The van der Waals surface area contributed by atoms with Gasteiger partial charge in [0.1, 0.15) is 0 Å². The van der Waals surface area contributed by atoms with E-state index in [0.717, 1.165) is 31.3 Å². The largest absolute Gasteiger partial charge is 0.478 e. The molecule has 2 aromatic rings. The lowest BCUT2D eigenvalue weighted by Gasteiger charge is -2.01. The molecule has 0 unspecified atom stereocenters. The summed E-state index contributed by atoms with van der Waals surface area (Å²) in [5.41, 5.74) is 10.9. The predicted molar refractivity (Wildman–Crippen MR) is 94.4 cm³/mol. The molecule has 0 amide bonds. The fourth-order valence-electron chi connectivity index (χ4n) is 2.16. The number of carbonyl (C=O) groups is 2. The Morgan fingerprint density at radius 2 is 1.12 bits per heavy atom. The van der Waals surface area contributed by atoms with Crippen molar-refractivity contribution < 1.29 is 19.8 Å². The minimum atomic E-state index is -1.03. The van der Waals surface area contributed by atoms with E-state index in [0.29, 0.717) is 5.39 Å². The number of nitrogens with two attached hydrogens (primary N) is 2. The van der Waals surface area contributed by atoms with Gasteiger partial charge in [-0.25, -0.2) is 9.59 Å². The van der Waals surface area contributed by atoms with E-state index in [4.69, 9.17) is 21.7 Å². The Bertz CT molecular complexity index is 631. The standard InChI is InChI=1S/C12H8O4.C6H16N2/c13-11(14)8-3-1-7-2-4-9(12(15)16)6-10(7)5-8;7-5-3-1-2-4-6-8/h1-6H,(H,13,14)(H,15,16);1-8H2. The second-order valence-corrected chi connectivity index (χ2v) is 5.38. The van der Waals surface area contributed by atoms with Gasteiger partial charge in [0.2, 0.25) is 0 Å². The average Bonchev–Trinajstić information content (AvgIpc) is 2.58. The van der Waals surface area contributed by atoms with Crippen molar-refractivity contribution in [1.29, 1.82) is 0 Å². The number of hydrogen-bond acceptors (Lipinski definition) is 4. The molecule has 0 fully saturated rings. The van der Waals surface area contributed by atoms with Gasteiger partial charge in [-0.2, -0.15) is 0 Å². The fourth-order valence-corrected chi connectivity index (χ4v) is 2.16. The van der Waals surface area contributed by atoms with E-state index in [1.54, 1.807) is 12.1 Å². The third-order valence-electron chi connectivity index (χ3n) is 3.49. The third kappa shape index (κ3) is 6.36. The third-order valence-corrected chi connectivity index (χ3v) is 3.49. The van der Waals surface area contributed by atoms with Crippen molar-refractivity contribution in [3.63, 3.8) is 0 Å². The molecule has 2 aromatic carbocycles. The molecule has 0 radical (unpaired) electrons. The lowest BCUT2D eigenvalue weighted by Crippen LogP contribution is -2.00. The molecule has 0 atom stereocenters. The highest BCUT2D eigenvalue weighted by molar-refractivity contribution is 5.98. The van der Waals surface area contributed by atoms with Crippen LogP contribution in [0.15, 0.2) is 36.4 Å². The first kappa shape index (κ1) is 19.6. The number of unbranched alkanes of at least 4 members (excludes halogenated alkanes) is 3. The molecule has 6 heteroatoms. The monoisotopic (exact) mass is 332 g/mol. The molecule has 0 heterocycles. The van der Waals surface area contributed by atoms with Crippen molar-refractivity contribution in [2.75, 3.05) is 13.1 Å². The number of hydrogen-bond donors (Lipinski definition) is 4. The highest BCUT2D eigenvalue weighted by Crippen LogP contribution is 2.18. The maximum absolute atomic E-state index is 10.7. The summed E-state index contributed by atoms with van der Waals surface area (Å²) in [5, 5.41) is 19.0. The molecule has 6 nitrogen and oxygen atoms in total. The minimum absolute atomic E-state index is 0.148. The Morgan fingerprint density at radius 3 is 1.46 bits per heavy atom. The van der Waals surface area contributed by atoms with Crippen molar-refractivity contribution in [2.24, 2.45) is 11.5 Å². The fraction of sp³-hybridized carbons (Fsp3) is 0.333. The van der Waals surface area contributed by atoms with Crippen LogP contribution in [0, 0.1) is 0 Å². The zero-order chi connectivity index (χ0) is 17.9. The van der Waals surface area contributed by atoms with Crippen molar-refractivity contribution in [1.82, 2.24) is 0 Å². The van der Waals surface area contributed by atoms with Crippen LogP contribution in [0.25, 0.3) is 10.8 Å². The molecule has 0 aromatic heterocycles. The van der Waals surface area contributed by atoms with Crippen molar-refractivity contribution in [3.8, 4) is 0 Å². The van der Waals surface area contributed by atoms with E-state index >= 15 is 0 Å². The minimum Gasteiger partial charge on any atom is -0.478 e. The summed E-state index contributed by atoms with van der Waals surface area (Å²) < 4.78 is 0. The van der Waals surface area contributed by atoms with Crippen LogP contribution in [-0.4, -0.2) is 35.2 Å². The number of rotatable bonds is 7. The van der Waals surface area contributed by atoms with Gasteiger partial charge in [0.15, 0.2) is 0 Å². The van der Waals surface area contributed by atoms with Gasteiger partial charge in [0.05, 0.1) is 11.1 Å². The number of carboxylic acid groups (broad SMARTS) is 2. The van der Waals surface area contributed by atoms with Gasteiger partial charge in [-0.1, -0.05) is 25.0 Å². The van der Waals surface area contributed by atoms with Gasteiger partial charge in [0.25, 0.3) is 0 Å². The highest BCUT2D eigenvalue weighted by Gasteiger charge is 2.06. The van der Waals surface area contributed by atoms with E-state index in [1.807, 2.05) is 0 Å². The first-order valence-electron chi connectivity index (χ1n) is 7.90. The molecule has 0 bridgehead atoms. The Hall–Kier alpha value is -2.44. The second-order valence-electron chi connectivity index (χ2n) is 5.38. The van der Waals surface area contributed by atoms with E-state index < -0.39 is 11.9 Å². The lowest BCUT2D eigenvalue weighted by atomic mass is 10.0. The molecule has 0 aliphatic rings. The molecule has 0 saturated carbocycles. The van der Waals surface area contributed by atoms with E-state index in [1.165, 1.54) is 37.1 Å². The van der Waals surface area contributed by atoms with Gasteiger partial charge in [0, 0.05) is 0 Å². The second kappa shape index (κ2) is 10.4. The molecule has 0 aliphatic carbocycles. The highest BCUT2D eigenvalue weighted by atomic mass is 16.4. The number of carboxylic acids is 2. The molecule has 24 heavy (non-hydrogen) atoms. The van der Waals surface area contributed by atoms with Gasteiger partial charge < -0.3 is 21.7 Å². The molecule has 0 saturated heterocycles. The number of benzene rings is 2. The summed E-state index contributed by atoms with van der Waals surface area (Å²) in [6.45, 7) is 1.65. The topological polar surface area (TPSA) is 127 Å². The van der Waals surface area contributed by atoms with Crippen molar-refractivity contribution in [2.45, 2.75) is 25.7 Å². The summed E-state index contributed by atoms with van der Waals surface area (Å²) >= 11 is 0. The maximum Gasteiger partial charge on any atom is 0.335 e. The Balaban J connectivity index is 0.000000307. The van der Waals surface area contributed by atoms with Gasteiger partial charge in [-0.3, -0.25) is 0 Å². The van der Waals surface area contributed by atoms with E-state index in [9.17, 15) is 9.59 Å². The smallest absolute Gasteiger partial charge is 0.335 e. The van der Waals surface area contributed by atoms with Crippen LogP contribution in [0.1, 0.15) is 46.4 Å². The van der Waals surface area contributed by atoms with Crippen molar-refractivity contribution >= 4 is 22.7 Å². The van der Waals surface area contributed by atoms with E-state index in [2.05, 4.69) is 0 Å². The van der Waals surface area contributed by atoms with Crippen LogP contribution in [0.4, 0.5) is 0 Å². The molecule has 130 valence electrons. The molecule has 6 N–H and O–H groups in total. The van der Waals surface area contributed by atoms with Gasteiger partial charge >= 0.3 is 11.9 Å². The van der Waals surface area contributed by atoms with Gasteiger partial charge in [-0.15, -0.1) is 0 Å². The van der Waals surface area contributed by atoms with Crippen LogP contribution >= 0.6 is 0 Å². The Labute approximate surface area is 141 Å². The van der Waals surface area contributed by atoms with Crippen molar-refractivity contribution in [3.05, 3.63) is 47.5 Å². The normalized spacial score (nSPS) is 10.1. The van der Waals surface area contributed by atoms with Crippen LogP contribution in [0.5, 0.6) is 0 Å². The average molecular weight is 332 g/mol. The zero-order valence-electron chi connectivity index (χ0n) is 13.6. The predicted octanol–water partition coefficient (Wildman–Crippen LogP) is 2.70. The van der Waals surface area contributed by atoms with Gasteiger partial charge in [-0.05, 0) is 61.0 Å². The van der Waals surface area contributed by atoms with Crippen LogP contribution < -0.4 is 11.5 Å². The summed E-state index contributed by atoms with van der Waals surface area (Å²) in [5.74, 6) is -2.05. The Kier molecular flexibility index (Phi) is 8.46. The van der Waals surface area contributed by atoms with Crippen LogP contribution in [-0.2, 0) is 0 Å². The first-order valence-corrected chi connectivity index (χ1v) is 7.90. The molecule has 2 rings (SSSR count). The summed E-state index contributed by atoms with van der Waals surface area (Å²) in [6, 6.07) is 9.22. The van der Waals surface area contributed by atoms with E-state index in [-0.39, 0.29) is 11.1 Å². The molecule has 0 aliphatic heterocycles. The SMILES string of the molecule is NCCCCCCN.O=C(O)c1ccc2ccc(C(=O)O)cc2c1. The van der Waals surface area contributed by atoms with Crippen LogP contribution in [0.3, 0.4) is 0 Å². The first-order chi connectivity index (χ1) is 11.5.